The van der Waals surface area contributed by atoms with Crippen LogP contribution in [0, 0.1) is 44.8 Å². The Hall–Kier alpha value is -1.76. The molecule has 66 heavy (non-hydrogen) atoms. The minimum atomic E-state index is -1.89. The summed E-state index contributed by atoms with van der Waals surface area (Å²) in [5, 5.41) is 119. The lowest BCUT2D eigenvalue weighted by Crippen LogP contribution is -2.66. The van der Waals surface area contributed by atoms with Gasteiger partial charge in [0.2, 0.25) is 6.29 Å². The molecule has 5 aliphatic carbocycles. The minimum Gasteiger partial charge on any atom is -0.432 e. The first-order valence-corrected chi connectivity index (χ1v) is 23.9. The highest BCUT2D eigenvalue weighted by molar-refractivity contribution is 5.79. The Morgan fingerprint density at radius 2 is 1.36 bits per heavy atom. The van der Waals surface area contributed by atoms with Gasteiger partial charge < -0.3 is 89.4 Å². The number of ether oxygens (including phenoxy) is 6. The number of hydrogen-bond acceptors (Lipinski definition) is 19. The van der Waals surface area contributed by atoms with Gasteiger partial charge in [0.05, 0.1) is 41.9 Å². The van der Waals surface area contributed by atoms with Crippen LogP contribution in [0.25, 0.3) is 0 Å². The minimum absolute atomic E-state index is 0.00694. The first-order chi connectivity index (χ1) is 30.8. The van der Waals surface area contributed by atoms with Gasteiger partial charge in [0, 0.05) is 0 Å². The van der Waals surface area contributed by atoms with E-state index in [-0.39, 0.29) is 40.9 Å². The van der Waals surface area contributed by atoms with Crippen molar-refractivity contribution in [1.82, 2.24) is 0 Å². The summed E-state index contributed by atoms with van der Waals surface area (Å²) in [6, 6.07) is 0. The quantitative estimate of drug-likeness (QED) is 0.0756. The fourth-order valence-corrected chi connectivity index (χ4v) is 14.5. The van der Waals surface area contributed by atoms with Crippen molar-refractivity contribution in [1.29, 1.82) is 0 Å². The summed E-state index contributed by atoms with van der Waals surface area (Å²) < 4.78 is 34.5. The number of carbonyl (C=O) groups excluding carboxylic acids is 2. The molecule has 0 radical (unpaired) electrons. The SMILES string of the molecule is C[C@@H]1O[C@@H](O[C@H]2[C@@H](O)[C@@H](O)[C@H](OC[C@H]3O[C@@H](OC(=O)[C@]45CC[C@@](C)(O)C[C@H]4C4=CC[C@@H]6[C@]7(C)CC[C@H](O)[C@@](C)(C=O)[C@@H]7CC[C@@]6(C)[C@]4(C)CC5)[C@H](O)[C@@H](O)[C@@H]3O)O[C@@H]2CO)[C@H](O)[C@H](O)[C@H]1O. The average molecular weight is 943 g/mol. The third-order valence-electron chi connectivity index (χ3n) is 19.0. The van der Waals surface area contributed by atoms with Crippen LogP contribution in [-0.2, 0) is 38.0 Å². The molecule has 8 aliphatic rings. The summed E-state index contributed by atoms with van der Waals surface area (Å²) in [7, 11) is 0. The number of esters is 1. The molecule has 376 valence electrons. The van der Waals surface area contributed by atoms with E-state index in [0.29, 0.717) is 32.1 Å². The second-order valence-electron chi connectivity index (χ2n) is 22.5. The van der Waals surface area contributed by atoms with E-state index in [1.54, 1.807) is 6.92 Å². The molecule has 3 heterocycles. The van der Waals surface area contributed by atoms with E-state index in [0.717, 1.165) is 31.1 Å². The number of carbonyl (C=O) groups is 2. The monoisotopic (exact) mass is 942 g/mol. The second-order valence-corrected chi connectivity index (χ2v) is 22.5. The van der Waals surface area contributed by atoms with E-state index in [1.807, 2.05) is 6.92 Å². The van der Waals surface area contributed by atoms with Crippen LogP contribution in [0.5, 0.6) is 0 Å². The van der Waals surface area contributed by atoms with E-state index in [2.05, 4.69) is 26.8 Å². The predicted molar refractivity (Wildman–Crippen MR) is 226 cm³/mol. The summed E-state index contributed by atoms with van der Waals surface area (Å²) in [5.74, 6) is -0.930. The summed E-state index contributed by atoms with van der Waals surface area (Å²) in [6.07, 6.45) is -16.6. The molecule has 0 aromatic heterocycles. The first-order valence-electron chi connectivity index (χ1n) is 23.9. The predicted octanol–water partition coefficient (Wildman–Crippen LogP) is -0.928. The standard InChI is InChI=1S/C47H74O19/c1-21-29(51)31(53)34(56)39(62-21)65-37-24(18-48)63-38(36(58)33(37)55)61-19-25-30(52)32(54)35(57)40(64-25)66-41(59)47-15-13-42(2,60)17-23(47)22-7-8-27-43(3)11-10-28(50)44(4,20-49)26(43)9-12-46(27,6)45(22,5)14-16-47/h7,20-21,23-40,48,50-58,60H,8-19H2,1-6H3/t21-,23-,24+,25+,26+,27+,28-,29-,30+,31+,32-,33-,34+,35+,36+,37+,38+,39-,40-,42+,43+,44-,45+,46+,47-/m0/s1. The summed E-state index contributed by atoms with van der Waals surface area (Å²) >= 11 is 0. The fourth-order valence-electron chi connectivity index (χ4n) is 14.5. The van der Waals surface area contributed by atoms with Gasteiger partial charge in [-0.25, -0.2) is 0 Å². The topological polar surface area (TPSA) is 312 Å². The average Bonchev–Trinajstić information content (AvgIpc) is 3.27. The molecule has 0 amide bonds. The van der Waals surface area contributed by atoms with E-state index >= 15 is 0 Å². The van der Waals surface area contributed by atoms with Gasteiger partial charge in [0.1, 0.15) is 73.4 Å². The lowest BCUT2D eigenvalue weighted by molar-refractivity contribution is -0.361. The van der Waals surface area contributed by atoms with Gasteiger partial charge in [-0.1, -0.05) is 39.3 Å². The van der Waals surface area contributed by atoms with Crippen molar-refractivity contribution in [3.05, 3.63) is 11.6 Å². The molecule has 0 unspecified atom stereocenters. The van der Waals surface area contributed by atoms with Crippen molar-refractivity contribution in [2.24, 2.45) is 44.8 Å². The molecule has 4 saturated carbocycles. The van der Waals surface area contributed by atoms with Gasteiger partial charge in [-0.05, 0) is 112 Å². The third kappa shape index (κ3) is 7.78. The van der Waals surface area contributed by atoms with Crippen LogP contribution in [0.2, 0.25) is 0 Å². The third-order valence-corrected chi connectivity index (χ3v) is 19.0. The number of allylic oxidation sites excluding steroid dienone is 2. The number of aldehydes is 1. The number of aliphatic hydroxyl groups excluding tert-OH is 10. The van der Waals surface area contributed by atoms with Crippen LogP contribution >= 0.6 is 0 Å². The van der Waals surface area contributed by atoms with Crippen molar-refractivity contribution in [3.63, 3.8) is 0 Å². The highest BCUT2D eigenvalue weighted by Crippen LogP contribution is 2.75. The van der Waals surface area contributed by atoms with Crippen LogP contribution < -0.4 is 0 Å². The smallest absolute Gasteiger partial charge is 0.315 e. The van der Waals surface area contributed by atoms with Crippen molar-refractivity contribution in [2.45, 2.75) is 210 Å². The summed E-state index contributed by atoms with van der Waals surface area (Å²) in [6.45, 7) is 10.6. The Balaban J connectivity index is 0.977. The van der Waals surface area contributed by atoms with Crippen molar-refractivity contribution in [2.75, 3.05) is 13.2 Å². The maximum absolute atomic E-state index is 14.9. The molecule has 11 N–H and O–H groups in total. The molecule has 7 fully saturated rings. The molecule has 3 aliphatic heterocycles. The molecule has 0 aromatic rings. The van der Waals surface area contributed by atoms with Gasteiger partial charge in [-0.3, -0.25) is 4.79 Å². The molecule has 8 rings (SSSR count). The Morgan fingerprint density at radius 3 is 2.05 bits per heavy atom. The summed E-state index contributed by atoms with van der Waals surface area (Å²) in [5.41, 5.74) is -2.84. The zero-order valence-corrected chi connectivity index (χ0v) is 38.8. The highest BCUT2D eigenvalue weighted by Gasteiger charge is 2.70. The Kier molecular flexibility index (Phi) is 13.7. The fraction of sp³-hybridized carbons (Fsp3) is 0.915. The molecule has 19 heteroatoms. The van der Waals surface area contributed by atoms with Crippen LogP contribution in [-0.4, -0.2) is 185 Å². The first kappa shape index (κ1) is 50.6. The van der Waals surface area contributed by atoms with Gasteiger partial charge in [-0.15, -0.1) is 0 Å². The molecule has 19 nitrogen and oxygen atoms in total. The molecular weight excluding hydrogens is 868 g/mol. The number of rotatable bonds is 9. The lowest BCUT2D eigenvalue weighted by atomic mass is 9.33. The molecule has 0 aromatic carbocycles. The number of hydrogen-bond donors (Lipinski definition) is 11. The Morgan fingerprint density at radius 1 is 0.727 bits per heavy atom. The second kappa shape index (κ2) is 17.8. The molecule has 0 bridgehead atoms. The zero-order chi connectivity index (χ0) is 48.3. The lowest BCUT2D eigenvalue weighted by Gasteiger charge is -2.70. The Bertz CT molecular complexity index is 1830. The molecule has 25 atom stereocenters. The maximum Gasteiger partial charge on any atom is 0.315 e. The zero-order valence-electron chi connectivity index (χ0n) is 38.8. The van der Waals surface area contributed by atoms with E-state index in [9.17, 15) is 65.8 Å². The van der Waals surface area contributed by atoms with E-state index in [1.165, 1.54) is 6.92 Å². The van der Waals surface area contributed by atoms with Crippen molar-refractivity contribution >= 4 is 12.3 Å². The van der Waals surface area contributed by atoms with Crippen LogP contribution in [0.15, 0.2) is 11.6 Å². The van der Waals surface area contributed by atoms with Gasteiger partial charge in [0.25, 0.3) is 0 Å². The van der Waals surface area contributed by atoms with Crippen LogP contribution in [0.1, 0.15) is 106 Å². The largest absolute Gasteiger partial charge is 0.432 e. The molecule has 0 spiro atoms. The Labute approximate surface area is 385 Å². The number of fused-ring (bicyclic) bond motifs is 7. The van der Waals surface area contributed by atoms with Crippen molar-refractivity contribution in [3.8, 4) is 0 Å². The molecular formula is C47H74O19. The van der Waals surface area contributed by atoms with Gasteiger partial charge in [0.15, 0.2) is 12.6 Å². The summed E-state index contributed by atoms with van der Waals surface area (Å²) in [4.78, 5) is 27.5. The number of aliphatic hydroxyl groups is 11. The maximum atomic E-state index is 14.9. The highest BCUT2D eigenvalue weighted by atomic mass is 16.8. The van der Waals surface area contributed by atoms with Gasteiger partial charge in [-0.2, -0.15) is 0 Å². The van der Waals surface area contributed by atoms with Crippen LogP contribution in [0.4, 0.5) is 0 Å². The normalized spacial score (nSPS) is 56.1. The van der Waals surface area contributed by atoms with E-state index < -0.39 is 140 Å². The van der Waals surface area contributed by atoms with Gasteiger partial charge >= 0.3 is 5.97 Å². The van der Waals surface area contributed by atoms with E-state index in [4.69, 9.17) is 28.4 Å². The van der Waals surface area contributed by atoms with Crippen LogP contribution in [0.3, 0.4) is 0 Å². The van der Waals surface area contributed by atoms with Crippen molar-refractivity contribution < 1.29 is 94.2 Å². The molecule has 3 saturated heterocycles.